The van der Waals surface area contributed by atoms with E-state index in [4.69, 9.17) is 16.9 Å². The van der Waals surface area contributed by atoms with E-state index in [9.17, 15) is 9.90 Å². The van der Waals surface area contributed by atoms with Crippen LogP contribution in [-0.2, 0) is 0 Å². The Kier molecular flexibility index (Phi) is 2.06. The maximum absolute atomic E-state index is 11.3. The van der Waals surface area contributed by atoms with Crippen molar-refractivity contribution in [1.82, 2.24) is 9.97 Å². The molecule has 0 saturated carbocycles. The van der Waals surface area contributed by atoms with Gasteiger partial charge in [0, 0.05) is 5.39 Å². The average Bonchev–Trinajstić information content (AvgIpc) is 2.20. The number of aromatic nitrogens is 2. The van der Waals surface area contributed by atoms with Gasteiger partial charge in [-0.2, -0.15) is 5.26 Å². The van der Waals surface area contributed by atoms with E-state index in [1.165, 1.54) is 12.3 Å². The highest BCUT2D eigenvalue weighted by Crippen LogP contribution is 2.25. The fourth-order valence-electron chi connectivity index (χ4n) is 1.26. The van der Waals surface area contributed by atoms with Crippen LogP contribution in [0.3, 0.4) is 0 Å². The molecule has 0 saturated heterocycles. The molecule has 0 aromatic carbocycles. The topological polar surface area (TPSA) is 89.8 Å². The number of nitriles is 1. The number of rotatable bonds is 0. The van der Waals surface area contributed by atoms with Crippen molar-refractivity contribution in [2.45, 2.75) is 0 Å². The Morgan fingerprint density at radius 3 is 3.00 bits per heavy atom. The predicted octanol–water partition coefficient (Wildman–Crippen LogP) is 1.15. The van der Waals surface area contributed by atoms with Gasteiger partial charge in [-0.05, 0) is 6.07 Å². The first-order valence-corrected chi connectivity index (χ1v) is 4.32. The molecular formula is C9H4ClN3O2. The van der Waals surface area contributed by atoms with Gasteiger partial charge in [0.1, 0.15) is 17.0 Å². The monoisotopic (exact) mass is 221 g/mol. The van der Waals surface area contributed by atoms with Gasteiger partial charge >= 0.3 is 0 Å². The molecule has 0 amide bonds. The Bertz CT molecular complexity index is 642. The smallest absolute Gasteiger partial charge is 0.270 e. The summed E-state index contributed by atoms with van der Waals surface area (Å²) in [4.78, 5) is 17.4. The minimum atomic E-state index is -0.647. The van der Waals surface area contributed by atoms with E-state index in [0.29, 0.717) is 10.9 Å². The summed E-state index contributed by atoms with van der Waals surface area (Å²) in [5, 5.41) is 18.7. The van der Waals surface area contributed by atoms with Crippen molar-refractivity contribution in [3.05, 3.63) is 33.3 Å². The Labute approximate surface area is 88.6 Å². The minimum Gasteiger partial charge on any atom is -0.506 e. The fourth-order valence-corrected chi connectivity index (χ4v) is 1.41. The van der Waals surface area contributed by atoms with E-state index >= 15 is 0 Å². The SMILES string of the molecule is N#Cc1c(O)c2cc(Cl)ncc2[nH]c1=O. The quantitative estimate of drug-likeness (QED) is 0.653. The molecule has 2 rings (SSSR count). The van der Waals surface area contributed by atoms with Crippen LogP contribution in [0.2, 0.25) is 5.15 Å². The van der Waals surface area contributed by atoms with Crippen LogP contribution < -0.4 is 5.56 Å². The summed E-state index contributed by atoms with van der Waals surface area (Å²) in [6.45, 7) is 0. The standard InChI is InChI=1S/C9H4ClN3O2/c10-7-1-4-6(3-12-7)13-9(15)5(2-11)8(4)14/h1,3H,(H2,13,14,15). The van der Waals surface area contributed by atoms with Crippen molar-refractivity contribution in [3.8, 4) is 11.8 Å². The first kappa shape index (κ1) is 9.49. The lowest BCUT2D eigenvalue weighted by molar-refractivity contribution is 0.478. The molecule has 0 unspecified atom stereocenters. The number of hydrogen-bond donors (Lipinski definition) is 2. The predicted molar refractivity (Wildman–Crippen MR) is 53.8 cm³/mol. The van der Waals surface area contributed by atoms with Crippen LogP contribution in [0, 0.1) is 11.3 Å². The molecule has 2 N–H and O–H groups in total. The summed E-state index contributed by atoms with van der Waals surface area (Å²) in [5.74, 6) is -0.374. The molecule has 0 aliphatic heterocycles. The van der Waals surface area contributed by atoms with Gasteiger partial charge in [0.15, 0.2) is 5.56 Å². The molecule has 0 aliphatic carbocycles. The highest BCUT2D eigenvalue weighted by atomic mass is 35.5. The number of fused-ring (bicyclic) bond motifs is 1. The van der Waals surface area contributed by atoms with Crippen LogP contribution in [0.4, 0.5) is 0 Å². The second-order valence-corrected chi connectivity index (χ2v) is 3.23. The summed E-state index contributed by atoms with van der Waals surface area (Å²) < 4.78 is 0. The van der Waals surface area contributed by atoms with E-state index < -0.39 is 5.56 Å². The van der Waals surface area contributed by atoms with Gasteiger partial charge in [-0.15, -0.1) is 0 Å². The molecular weight excluding hydrogens is 218 g/mol. The molecule has 15 heavy (non-hydrogen) atoms. The molecule has 0 atom stereocenters. The van der Waals surface area contributed by atoms with Gasteiger partial charge < -0.3 is 10.1 Å². The second-order valence-electron chi connectivity index (χ2n) is 2.84. The van der Waals surface area contributed by atoms with Crippen LogP contribution >= 0.6 is 11.6 Å². The molecule has 0 fully saturated rings. The summed E-state index contributed by atoms with van der Waals surface area (Å²) in [6.07, 6.45) is 1.32. The number of H-pyrrole nitrogens is 1. The summed E-state index contributed by atoms with van der Waals surface area (Å²) >= 11 is 5.63. The van der Waals surface area contributed by atoms with Gasteiger partial charge in [-0.3, -0.25) is 4.79 Å². The molecule has 0 radical (unpaired) electrons. The number of aromatic amines is 1. The lowest BCUT2D eigenvalue weighted by Gasteiger charge is -2.01. The molecule has 0 spiro atoms. The van der Waals surface area contributed by atoms with Crippen molar-refractivity contribution in [3.63, 3.8) is 0 Å². The average molecular weight is 222 g/mol. The first-order chi connectivity index (χ1) is 7.13. The third kappa shape index (κ3) is 1.41. The van der Waals surface area contributed by atoms with Crippen LogP contribution in [-0.4, -0.2) is 15.1 Å². The number of aromatic hydroxyl groups is 1. The van der Waals surface area contributed by atoms with E-state index in [-0.39, 0.29) is 16.5 Å². The van der Waals surface area contributed by atoms with E-state index in [2.05, 4.69) is 9.97 Å². The molecule has 2 aromatic heterocycles. The van der Waals surface area contributed by atoms with Crippen molar-refractivity contribution in [2.24, 2.45) is 0 Å². The molecule has 0 aliphatic rings. The van der Waals surface area contributed by atoms with E-state index in [0.717, 1.165) is 0 Å². The zero-order chi connectivity index (χ0) is 11.0. The number of nitrogens with one attached hydrogen (secondary N) is 1. The maximum Gasteiger partial charge on any atom is 0.270 e. The first-order valence-electron chi connectivity index (χ1n) is 3.94. The molecule has 2 aromatic rings. The van der Waals surface area contributed by atoms with Crippen molar-refractivity contribution < 1.29 is 5.11 Å². The molecule has 74 valence electrons. The van der Waals surface area contributed by atoms with Crippen LogP contribution in [0.15, 0.2) is 17.1 Å². The van der Waals surface area contributed by atoms with E-state index in [1.54, 1.807) is 6.07 Å². The Morgan fingerprint density at radius 1 is 1.60 bits per heavy atom. The summed E-state index contributed by atoms with van der Waals surface area (Å²) in [5.41, 5.74) is -0.641. The zero-order valence-electron chi connectivity index (χ0n) is 7.28. The number of pyridine rings is 2. The largest absolute Gasteiger partial charge is 0.506 e. The Hall–Kier alpha value is -2.06. The third-order valence-corrected chi connectivity index (χ3v) is 2.16. The second kappa shape index (κ2) is 3.26. The van der Waals surface area contributed by atoms with Crippen molar-refractivity contribution >= 4 is 22.5 Å². The summed E-state index contributed by atoms with van der Waals surface area (Å²) in [7, 11) is 0. The van der Waals surface area contributed by atoms with Crippen LogP contribution in [0.25, 0.3) is 10.9 Å². The van der Waals surface area contributed by atoms with Gasteiger partial charge in [-0.1, -0.05) is 11.6 Å². The highest BCUT2D eigenvalue weighted by Gasteiger charge is 2.11. The molecule has 2 heterocycles. The minimum absolute atomic E-state index is 0.175. The van der Waals surface area contributed by atoms with Gasteiger partial charge in [0.05, 0.1) is 11.7 Å². The molecule has 5 nitrogen and oxygen atoms in total. The Morgan fingerprint density at radius 2 is 2.33 bits per heavy atom. The lowest BCUT2D eigenvalue weighted by atomic mass is 10.2. The molecule has 6 heteroatoms. The fraction of sp³-hybridized carbons (Fsp3) is 0. The van der Waals surface area contributed by atoms with Gasteiger partial charge in [-0.25, -0.2) is 4.98 Å². The zero-order valence-corrected chi connectivity index (χ0v) is 8.04. The lowest BCUT2D eigenvalue weighted by Crippen LogP contribution is -2.10. The normalized spacial score (nSPS) is 10.1. The third-order valence-electron chi connectivity index (χ3n) is 1.95. The van der Waals surface area contributed by atoms with E-state index in [1.807, 2.05) is 0 Å². The highest BCUT2D eigenvalue weighted by molar-refractivity contribution is 6.30. The number of halogens is 1. The Balaban J connectivity index is 3.00. The number of nitrogens with zero attached hydrogens (tertiary/aromatic N) is 2. The van der Waals surface area contributed by atoms with Gasteiger partial charge in [0.2, 0.25) is 0 Å². The van der Waals surface area contributed by atoms with Gasteiger partial charge in [0.25, 0.3) is 5.56 Å². The van der Waals surface area contributed by atoms with Crippen molar-refractivity contribution in [2.75, 3.05) is 0 Å². The number of hydrogen-bond acceptors (Lipinski definition) is 4. The molecule has 0 bridgehead atoms. The van der Waals surface area contributed by atoms with Crippen LogP contribution in [0.5, 0.6) is 5.75 Å². The summed E-state index contributed by atoms with van der Waals surface area (Å²) in [6, 6.07) is 3.00. The maximum atomic E-state index is 11.3. The van der Waals surface area contributed by atoms with Crippen LogP contribution in [0.1, 0.15) is 5.56 Å². The van der Waals surface area contributed by atoms with Crippen molar-refractivity contribution in [1.29, 1.82) is 5.26 Å².